The molecular weight excluding hydrogens is 270 g/mol. The highest BCUT2D eigenvalue weighted by Gasteiger charge is 2.18. The molecule has 21 heavy (non-hydrogen) atoms. The van der Waals surface area contributed by atoms with Crippen LogP contribution in [-0.2, 0) is 6.54 Å². The molecule has 1 nitrogen and oxygen atoms in total. The molecule has 3 rings (SSSR count). The van der Waals surface area contributed by atoms with Crippen LogP contribution in [0.2, 0.25) is 0 Å². The Labute approximate surface area is 127 Å². The second kappa shape index (κ2) is 6.53. The second-order valence-electron chi connectivity index (χ2n) is 5.20. The maximum absolute atomic E-state index is 5.71. The van der Waals surface area contributed by atoms with E-state index in [2.05, 4.69) is 84.9 Å². The summed E-state index contributed by atoms with van der Waals surface area (Å²) in [6, 6.07) is 30.5. The van der Waals surface area contributed by atoms with E-state index < -0.39 is 8.80 Å². The van der Waals surface area contributed by atoms with Crippen LogP contribution >= 0.6 is 0 Å². The third-order valence-corrected chi connectivity index (χ3v) is 6.97. The molecule has 104 valence electrons. The van der Waals surface area contributed by atoms with Gasteiger partial charge in [0.15, 0.2) is 0 Å². The van der Waals surface area contributed by atoms with Gasteiger partial charge in [-0.1, -0.05) is 100 Å². The summed E-state index contributed by atoms with van der Waals surface area (Å²) >= 11 is 0. The van der Waals surface area contributed by atoms with Crippen LogP contribution in [0.15, 0.2) is 84.9 Å². The molecule has 0 aromatic heterocycles. The average Bonchev–Trinajstić information content (AvgIpc) is 2.58. The molecular formula is C19H19NSi. The topological polar surface area (TPSA) is 26.0 Å². The maximum Gasteiger partial charge on any atom is 0.132 e. The molecule has 0 aliphatic rings. The fourth-order valence-corrected chi connectivity index (χ4v) is 5.66. The lowest BCUT2D eigenvalue weighted by Gasteiger charge is -2.17. The van der Waals surface area contributed by atoms with Crippen molar-refractivity contribution in [3.05, 3.63) is 90.5 Å². The molecule has 0 aliphatic heterocycles. The van der Waals surface area contributed by atoms with Gasteiger partial charge in [-0.15, -0.1) is 0 Å². The minimum Gasteiger partial charge on any atom is -0.326 e. The van der Waals surface area contributed by atoms with E-state index in [1.54, 1.807) is 0 Å². The first kappa shape index (κ1) is 13.8. The molecule has 0 radical (unpaired) electrons. The van der Waals surface area contributed by atoms with Gasteiger partial charge in [-0.3, -0.25) is 0 Å². The first-order valence-electron chi connectivity index (χ1n) is 7.27. The Hall–Kier alpha value is -2.16. The zero-order valence-electron chi connectivity index (χ0n) is 11.9. The van der Waals surface area contributed by atoms with Crippen LogP contribution in [0.3, 0.4) is 0 Å². The minimum absolute atomic E-state index is 0.600. The number of benzene rings is 3. The number of hydrogen-bond acceptors (Lipinski definition) is 1. The van der Waals surface area contributed by atoms with E-state index in [1.807, 2.05) is 0 Å². The summed E-state index contributed by atoms with van der Waals surface area (Å²) in [5.74, 6) is 0. The van der Waals surface area contributed by atoms with Gasteiger partial charge >= 0.3 is 0 Å². The molecule has 3 aromatic carbocycles. The normalized spacial score (nSPS) is 10.8. The van der Waals surface area contributed by atoms with E-state index in [1.165, 1.54) is 21.1 Å². The van der Waals surface area contributed by atoms with E-state index in [-0.39, 0.29) is 0 Å². The third-order valence-electron chi connectivity index (χ3n) is 3.81. The highest BCUT2D eigenvalue weighted by Crippen LogP contribution is 1.99. The molecule has 0 heterocycles. The van der Waals surface area contributed by atoms with Crippen molar-refractivity contribution in [3.63, 3.8) is 0 Å². The molecule has 0 spiro atoms. The van der Waals surface area contributed by atoms with Gasteiger partial charge < -0.3 is 5.73 Å². The van der Waals surface area contributed by atoms with Crippen molar-refractivity contribution in [3.8, 4) is 0 Å². The standard InChI is InChI=1S/C19H19NSi/c20-15-16-11-13-19(14-12-16)21(17-7-3-1-4-8-17)18-9-5-2-6-10-18/h1-14,21H,15,20H2. The Morgan fingerprint density at radius 1 is 0.571 bits per heavy atom. The lowest BCUT2D eigenvalue weighted by atomic mass is 10.2. The molecule has 0 aliphatic carbocycles. The van der Waals surface area contributed by atoms with Crippen LogP contribution in [0.1, 0.15) is 5.56 Å². The van der Waals surface area contributed by atoms with E-state index >= 15 is 0 Å². The zero-order chi connectivity index (χ0) is 14.5. The summed E-state index contributed by atoms with van der Waals surface area (Å²) in [4.78, 5) is 0. The van der Waals surface area contributed by atoms with Gasteiger partial charge in [0.2, 0.25) is 0 Å². The Bertz CT molecular complexity index is 638. The summed E-state index contributed by atoms with van der Waals surface area (Å²) in [6.45, 7) is 0.600. The monoisotopic (exact) mass is 289 g/mol. The SMILES string of the molecule is NCc1ccc([SiH](c2ccccc2)c2ccccc2)cc1. The molecule has 2 heteroatoms. The predicted molar refractivity (Wildman–Crippen MR) is 93.3 cm³/mol. The van der Waals surface area contributed by atoms with E-state index in [0.717, 1.165) is 0 Å². The molecule has 0 unspecified atom stereocenters. The van der Waals surface area contributed by atoms with Crippen molar-refractivity contribution >= 4 is 24.4 Å². The van der Waals surface area contributed by atoms with Gasteiger partial charge in [-0.05, 0) is 5.56 Å². The molecule has 2 N–H and O–H groups in total. The van der Waals surface area contributed by atoms with Gasteiger partial charge in [0.1, 0.15) is 8.80 Å². The van der Waals surface area contributed by atoms with Crippen molar-refractivity contribution in [1.82, 2.24) is 0 Å². The third kappa shape index (κ3) is 3.12. The lowest BCUT2D eigenvalue weighted by molar-refractivity contribution is 1.07. The van der Waals surface area contributed by atoms with Gasteiger partial charge in [0, 0.05) is 6.54 Å². The fraction of sp³-hybridized carbons (Fsp3) is 0.0526. The molecule has 0 bridgehead atoms. The Morgan fingerprint density at radius 3 is 1.43 bits per heavy atom. The second-order valence-corrected chi connectivity index (χ2v) is 8.07. The highest BCUT2D eigenvalue weighted by molar-refractivity contribution is 6.95. The van der Waals surface area contributed by atoms with Crippen LogP contribution in [0.4, 0.5) is 0 Å². The van der Waals surface area contributed by atoms with Crippen molar-refractivity contribution < 1.29 is 0 Å². The Kier molecular flexibility index (Phi) is 4.29. The molecule has 0 atom stereocenters. The molecule has 3 aromatic rings. The van der Waals surface area contributed by atoms with Crippen molar-refractivity contribution in [2.24, 2.45) is 5.73 Å². The lowest BCUT2D eigenvalue weighted by Crippen LogP contribution is -2.51. The van der Waals surface area contributed by atoms with Crippen LogP contribution in [0.25, 0.3) is 0 Å². The van der Waals surface area contributed by atoms with Gasteiger partial charge in [-0.2, -0.15) is 0 Å². The number of nitrogens with two attached hydrogens (primary N) is 1. The number of hydrogen-bond donors (Lipinski definition) is 1. The quantitative estimate of drug-likeness (QED) is 0.570. The molecule has 0 fully saturated rings. The zero-order valence-corrected chi connectivity index (χ0v) is 13.1. The molecule has 0 saturated heterocycles. The van der Waals surface area contributed by atoms with Gasteiger partial charge in [-0.25, -0.2) is 0 Å². The summed E-state index contributed by atoms with van der Waals surface area (Å²) in [6.07, 6.45) is 0. The highest BCUT2D eigenvalue weighted by atomic mass is 28.3. The Morgan fingerprint density at radius 2 is 1.00 bits per heavy atom. The minimum atomic E-state index is -1.38. The van der Waals surface area contributed by atoms with Crippen LogP contribution in [0, 0.1) is 0 Å². The predicted octanol–water partition coefficient (Wildman–Crippen LogP) is 1.39. The summed E-state index contributed by atoms with van der Waals surface area (Å²) < 4.78 is 0. The Balaban J connectivity index is 2.07. The molecule has 0 amide bonds. The van der Waals surface area contributed by atoms with Crippen molar-refractivity contribution in [1.29, 1.82) is 0 Å². The van der Waals surface area contributed by atoms with E-state index in [4.69, 9.17) is 5.73 Å². The van der Waals surface area contributed by atoms with Crippen LogP contribution in [-0.4, -0.2) is 8.80 Å². The van der Waals surface area contributed by atoms with Crippen molar-refractivity contribution in [2.75, 3.05) is 0 Å². The van der Waals surface area contributed by atoms with Crippen molar-refractivity contribution in [2.45, 2.75) is 6.54 Å². The summed E-state index contributed by atoms with van der Waals surface area (Å²) in [7, 11) is -1.38. The fourth-order valence-electron chi connectivity index (χ4n) is 2.71. The smallest absolute Gasteiger partial charge is 0.132 e. The van der Waals surface area contributed by atoms with Crippen LogP contribution < -0.4 is 21.3 Å². The number of rotatable bonds is 4. The molecule has 0 saturated carbocycles. The van der Waals surface area contributed by atoms with Crippen LogP contribution in [0.5, 0.6) is 0 Å². The first-order valence-corrected chi connectivity index (χ1v) is 9.00. The summed E-state index contributed by atoms with van der Waals surface area (Å²) in [5, 5.41) is 4.33. The summed E-state index contributed by atoms with van der Waals surface area (Å²) in [5.41, 5.74) is 6.90. The first-order chi connectivity index (χ1) is 10.4. The van der Waals surface area contributed by atoms with E-state index in [0.29, 0.717) is 6.54 Å². The largest absolute Gasteiger partial charge is 0.326 e. The average molecular weight is 289 g/mol. The van der Waals surface area contributed by atoms with E-state index in [9.17, 15) is 0 Å². The van der Waals surface area contributed by atoms with Gasteiger partial charge in [0.25, 0.3) is 0 Å². The van der Waals surface area contributed by atoms with Gasteiger partial charge in [0.05, 0.1) is 0 Å². The maximum atomic E-state index is 5.71.